The van der Waals surface area contributed by atoms with Gasteiger partial charge in [-0.05, 0) is 61.4 Å². The maximum Gasteiger partial charge on any atom is 0.312 e. The summed E-state index contributed by atoms with van der Waals surface area (Å²) in [4.78, 5) is 89.8. The zero-order chi connectivity index (χ0) is 57.1. The van der Waals surface area contributed by atoms with Gasteiger partial charge in [-0.25, -0.2) is 9.36 Å². The van der Waals surface area contributed by atoms with Crippen LogP contribution in [0.1, 0.15) is 97.0 Å². The molecule has 1 aliphatic rings. The zero-order valence-electron chi connectivity index (χ0n) is 47.4. The number of carbonyl (C=O) groups excluding carboxylic acids is 7. The molecule has 81 heavy (non-hydrogen) atoms. The second kappa shape index (κ2) is 34.5. The number of imide groups is 1. The number of nitrogens with zero attached hydrogens (tertiary/aromatic N) is 5. The molecule has 0 bridgehead atoms. The molecule has 3 atom stereocenters. The zero-order valence-corrected chi connectivity index (χ0v) is 47.4. The smallest absolute Gasteiger partial charge is 0.312 e. The van der Waals surface area contributed by atoms with Gasteiger partial charge in [0.15, 0.2) is 24.7 Å². The predicted octanol–water partition coefficient (Wildman–Crippen LogP) is 7.32. The van der Waals surface area contributed by atoms with Crippen LogP contribution in [0.25, 0.3) is 22.4 Å². The van der Waals surface area contributed by atoms with E-state index >= 15 is 0 Å². The van der Waals surface area contributed by atoms with Crippen LogP contribution in [0.3, 0.4) is 0 Å². The summed E-state index contributed by atoms with van der Waals surface area (Å²) in [6, 6.07) is 27.8. The molecule has 0 spiro atoms. The van der Waals surface area contributed by atoms with Crippen molar-refractivity contribution in [2.24, 2.45) is 23.5 Å². The van der Waals surface area contributed by atoms with Crippen molar-refractivity contribution in [1.29, 1.82) is 0 Å². The number of aryl methyl sites for hydroxylation is 1. The Kier molecular flexibility index (Phi) is 27.3. The van der Waals surface area contributed by atoms with Gasteiger partial charge >= 0.3 is 6.03 Å². The molecule has 20 nitrogen and oxygen atoms in total. The highest BCUT2D eigenvalue weighted by Crippen LogP contribution is 2.28. The summed E-state index contributed by atoms with van der Waals surface area (Å²) in [5, 5.41) is 20.2. The van der Waals surface area contributed by atoms with Crippen LogP contribution in [0, 0.1) is 25.2 Å². The fourth-order valence-corrected chi connectivity index (χ4v) is 9.29. The molecule has 1 fully saturated rings. The fourth-order valence-electron chi connectivity index (χ4n) is 9.29. The van der Waals surface area contributed by atoms with Gasteiger partial charge in [-0.1, -0.05) is 106 Å². The Hall–Kier alpha value is -7.68. The molecular formula is C61H82N10O10. The first-order chi connectivity index (χ1) is 38.7. The molecule has 2 aromatic heterocycles. The lowest BCUT2D eigenvalue weighted by atomic mass is 9.89. The number of carbonyl (C=O) groups is 7. The summed E-state index contributed by atoms with van der Waals surface area (Å²) in [5.41, 5.74) is 11.4. The molecule has 6 N–H and O–H groups in total. The lowest BCUT2D eigenvalue weighted by Crippen LogP contribution is -2.45. The Bertz CT molecular complexity index is 2790. The van der Waals surface area contributed by atoms with Gasteiger partial charge in [-0.3, -0.25) is 38.3 Å². The fraction of sp³-hybridized carbons (Fsp3) is 0.459. The van der Waals surface area contributed by atoms with Crippen molar-refractivity contribution in [3.05, 3.63) is 123 Å². The number of amides is 7. The van der Waals surface area contributed by atoms with Gasteiger partial charge in [0.2, 0.25) is 29.5 Å². The number of nitrogens with one attached hydrogen (secondary N) is 4. The highest BCUT2D eigenvalue weighted by atomic mass is 16.5. The summed E-state index contributed by atoms with van der Waals surface area (Å²) in [7, 11) is 0. The quantitative estimate of drug-likeness (QED) is 0.0114. The number of ketones is 1. The number of likely N-dealkylation sites (tertiary alicyclic amines) is 1. The highest BCUT2D eigenvalue weighted by molar-refractivity contribution is 6.03. The number of hydrogen-bond donors (Lipinski definition) is 5. The molecule has 5 aromatic rings. The molecule has 3 aromatic carbocycles. The summed E-state index contributed by atoms with van der Waals surface area (Å²) >= 11 is 0. The van der Waals surface area contributed by atoms with Crippen molar-refractivity contribution in [3.63, 3.8) is 0 Å². The number of rotatable bonds is 36. The number of primary amides is 1. The van der Waals surface area contributed by atoms with E-state index in [-0.39, 0.29) is 126 Å². The summed E-state index contributed by atoms with van der Waals surface area (Å²) in [6.07, 6.45) is 12.0. The average Bonchev–Trinajstić information content (AvgIpc) is 4.04. The van der Waals surface area contributed by atoms with Crippen LogP contribution < -0.4 is 31.6 Å². The Morgan fingerprint density at radius 2 is 1.42 bits per heavy atom. The third kappa shape index (κ3) is 22.1. The Morgan fingerprint density at radius 3 is 2.14 bits per heavy atom. The van der Waals surface area contributed by atoms with E-state index in [0.717, 1.165) is 72.3 Å². The molecule has 0 aliphatic carbocycles. The Balaban J connectivity index is 0.0000120. The first kappa shape index (κ1) is 64.1. The molecule has 0 saturated carbocycles. The number of aromatic nitrogens is 4. The van der Waals surface area contributed by atoms with Crippen molar-refractivity contribution in [2.75, 3.05) is 63.4 Å². The van der Waals surface area contributed by atoms with E-state index in [1.165, 1.54) is 4.90 Å². The molecular weight excluding hydrogens is 1030 g/mol. The second-order valence-corrected chi connectivity index (χ2v) is 20.5. The normalized spacial score (nSPS) is 13.8. The number of hydrogen-bond acceptors (Lipinski definition) is 12. The molecule has 436 valence electrons. The third-order valence-corrected chi connectivity index (χ3v) is 13.7. The summed E-state index contributed by atoms with van der Waals surface area (Å²) in [5.74, 6) is -2.65. The van der Waals surface area contributed by atoms with Gasteiger partial charge in [-0.2, -0.15) is 0 Å². The summed E-state index contributed by atoms with van der Waals surface area (Å²) in [6.45, 7) is 8.55. The maximum absolute atomic E-state index is 13.8. The van der Waals surface area contributed by atoms with Crippen molar-refractivity contribution < 1.29 is 52.3 Å². The van der Waals surface area contributed by atoms with Gasteiger partial charge in [0, 0.05) is 79.2 Å². The van der Waals surface area contributed by atoms with Crippen LogP contribution >= 0.6 is 0 Å². The molecule has 3 heterocycles. The maximum atomic E-state index is 13.8. The van der Waals surface area contributed by atoms with E-state index in [0.29, 0.717) is 31.7 Å². The Labute approximate surface area is 476 Å². The van der Waals surface area contributed by atoms with E-state index in [9.17, 15) is 33.6 Å². The number of nitrogens with two attached hydrogens (primary N) is 1. The SMILES string of the molecule is CC1CC(=O)N(CCOCCOCCOCCC(=O)N[C@H](C(=O)C[C@@H](CCCNC(N)=O)C(=O)Nc2ccc(C[n+]3cccc(-c4cn(CCCCCCCC(=O)Nc5ccccc5-c5ccccc5)nn4)c3)cc2)C(C)C)C1=O.[CH3-]. The van der Waals surface area contributed by atoms with Gasteiger partial charge < -0.3 is 48.6 Å². The average molecular weight is 1120 g/mol. The molecule has 7 amide bonds. The first-order valence-corrected chi connectivity index (χ1v) is 27.9. The second-order valence-electron chi connectivity index (χ2n) is 20.5. The molecule has 20 heteroatoms. The lowest BCUT2D eigenvalue weighted by Gasteiger charge is -2.24. The predicted molar refractivity (Wildman–Crippen MR) is 309 cm³/mol. The molecule has 6 rings (SSSR count). The van der Waals surface area contributed by atoms with E-state index in [1.807, 2.05) is 128 Å². The third-order valence-electron chi connectivity index (χ3n) is 13.7. The molecule has 0 radical (unpaired) electrons. The van der Waals surface area contributed by atoms with Crippen LogP contribution in [0.4, 0.5) is 16.2 Å². The number of pyridine rings is 1. The number of benzene rings is 3. The van der Waals surface area contributed by atoms with E-state index in [4.69, 9.17) is 19.9 Å². The number of ether oxygens (including phenoxy) is 3. The van der Waals surface area contributed by atoms with Crippen molar-refractivity contribution in [1.82, 2.24) is 30.5 Å². The lowest BCUT2D eigenvalue weighted by molar-refractivity contribution is -0.687. The van der Waals surface area contributed by atoms with E-state index in [2.05, 4.69) is 36.1 Å². The van der Waals surface area contributed by atoms with Gasteiger partial charge in [0.1, 0.15) is 5.69 Å². The minimum absolute atomic E-state index is 0. The number of urea groups is 1. The molecule has 1 unspecified atom stereocenters. The van der Waals surface area contributed by atoms with E-state index < -0.39 is 18.0 Å². The van der Waals surface area contributed by atoms with Gasteiger partial charge in [0.05, 0.1) is 64.0 Å². The molecule has 1 saturated heterocycles. The number of para-hydroxylation sites is 1. The van der Waals surface area contributed by atoms with Gasteiger partial charge in [-0.15, -0.1) is 5.10 Å². The van der Waals surface area contributed by atoms with Crippen molar-refractivity contribution in [2.45, 2.75) is 111 Å². The first-order valence-electron chi connectivity index (χ1n) is 27.9. The van der Waals surface area contributed by atoms with Crippen LogP contribution in [-0.2, 0) is 56.1 Å². The van der Waals surface area contributed by atoms with Gasteiger partial charge in [0.25, 0.3) is 0 Å². The van der Waals surface area contributed by atoms with Crippen LogP contribution in [0.5, 0.6) is 0 Å². The van der Waals surface area contributed by atoms with Crippen LogP contribution in [-0.4, -0.2) is 120 Å². The van der Waals surface area contributed by atoms with Crippen LogP contribution in [0.15, 0.2) is 110 Å². The minimum Gasteiger partial charge on any atom is -0.379 e. The largest absolute Gasteiger partial charge is 0.379 e. The minimum atomic E-state index is -0.839. The number of Topliss-reactive ketones (excluding diaryl/α,β-unsaturated/α-hetero) is 1. The number of unbranched alkanes of at least 4 members (excludes halogenated alkanes) is 4. The standard InChI is InChI=1S/C60H78N10O10.CH3/c1-43(2)57(65-55(73)27-32-78-34-36-80-37-35-79-33-31-70-56(74)38-44(3)59(70)76)53(71)39-47(18-14-28-62-60(61)77)58(75)63-49-25-23-45(24-26-49)40-68-29-15-19-48(41-68)52-42-69(67-66-52)30-13-6-4-5-10-22-54(72)64-51-21-12-11-20-50(51)46-16-8-7-9-17-46;/h7-9,11-12,15-17,19-21,23-26,29,41-44,47,57H,4-6,10,13-14,18,22,27-28,30-40H2,1-3H3,(H5-,61,62,63,64,65,72,73,75,77);1H3/q;-1/p+1/t44?,47-,57+;/m1./s1. The van der Waals surface area contributed by atoms with Crippen molar-refractivity contribution in [3.8, 4) is 22.4 Å². The van der Waals surface area contributed by atoms with Crippen LogP contribution in [0.2, 0.25) is 0 Å². The number of anilines is 2. The van der Waals surface area contributed by atoms with Crippen molar-refractivity contribution >= 4 is 52.7 Å². The summed E-state index contributed by atoms with van der Waals surface area (Å²) < 4.78 is 20.5. The Morgan fingerprint density at radius 1 is 0.741 bits per heavy atom. The topological polar surface area (TPSA) is 259 Å². The highest BCUT2D eigenvalue weighted by Gasteiger charge is 2.35. The monoisotopic (exact) mass is 1110 g/mol. The molecule has 1 aliphatic heterocycles. The van der Waals surface area contributed by atoms with E-state index in [1.54, 1.807) is 6.92 Å².